The molecule has 1 aromatic carbocycles. The van der Waals surface area contributed by atoms with Crippen LogP contribution in [0.25, 0.3) is 0 Å². The van der Waals surface area contributed by atoms with Gasteiger partial charge in [-0.3, -0.25) is 0 Å². The predicted molar refractivity (Wildman–Crippen MR) is 63.5 cm³/mol. The fourth-order valence-corrected chi connectivity index (χ4v) is 1.27. The van der Waals surface area contributed by atoms with Crippen LogP contribution in [0.15, 0.2) is 18.2 Å². The summed E-state index contributed by atoms with van der Waals surface area (Å²) in [5, 5.41) is 0. The Bertz CT molecular complexity index is 307. The van der Waals surface area contributed by atoms with E-state index in [2.05, 4.69) is 51.4 Å². The normalized spacial score (nSPS) is 11.0. The number of nitrogens with one attached hydrogen (secondary N) is 1. The van der Waals surface area contributed by atoms with Crippen LogP contribution in [0.2, 0.25) is 0 Å². The summed E-state index contributed by atoms with van der Waals surface area (Å²) in [7, 11) is 0. The van der Waals surface area contributed by atoms with Crippen LogP contribution in [0.4, 0.5) is 0 Å². The van der Waals surface area contributed by atoms with Crippen molar-refractivity contribution in [3.05, 3.63) is 34.9 Å². The van der Waals surface area contributed by atoms with Crippen LogP contribution >= 0.6 is 0 Å². The third-order valence-corrected chi connectivity index (χ3v) is 2.37. The lowest BCUT2D eigenvalue weighted by atomic mass is 10.1. The molecule has 0 saturated heterocycles. The van der Waals surface area contributed by atoms with E-state index in [1.54, 1.807) is 0 Å². The summed E-state index contributed by atoms with van der Waals surface area (Å²) < 4.78 is 0. The van der Waals surface area contributed by atoms with E-state index in [9.17, 15) is 0 Å². The maximum absolute atomic E-state index is 5.32. The largest absolute Gasteiger partial charge is 0.301 e. The topological polar surface area (TPSA) is 21.3 Å². The van der Waals surface area contributed by atoms with Crippen LogP contribution in [0, 0.1) is 19.8 Å². The van der Waals surface area contributed by atoms with E-state index in [4.69, 9.17) is 4.84 Å². The molecule has 0 spiro atoms. The molecule has 15 heavy (non-hydrogen) atoms. The molecule has 0 aliphatic rings. The Kier molecular flexibility index (Phi) is 4.79. The summed E-state index contributed by atoms with van der Waals surface area (Å²) in [6.07, 6.45) is 0. The standard InChI is InChI=1S/C13H21NO/c1-10(2)9-15-14-8-13-6-5-11(3)12(4)7-13/h5-7,10,14H,8-9H2,1-4H3. The zero-order chi connectivity index (χ0) is 11.3. The maximum Gasteiger partial charge on any atom is 0.0705 e. The third kappa shape index (κ3) is 4.45. The van der Waals surface area contributed by atoms with Crippen LogP contribution in [-0.4, -0.2) is 6.61 Å². The molecule has 1 N–H and O–H groups in total. The van der Waals surface area contributed by atoms with Gasteiger partial charge in [-0.2, -0.15) is 5.48 Å². The monoisotopic (exact) mass is 207 g/mol. The third-order valence-electron chi connectivity index (χ3n) is 2.37. The van der Waals surface area contributed by atoms with Gasteiger partial charge < -0.3 is 4.84 Å². The summed E-state index contributed by atoms with van der Waals surface area (Å²) in [5.74, 6) is 0.567. The van der Waals surface area contributed by atoms with Crippen LogP contribution in [-0.2, 0) is 11.4 Å². The van der Waals surface area contributed by atoms with Crippen molar-refractivity contribution in [2.24, 2.45) is 5.92 Å². The average molecular weight is 207 g/mol. The van der Waals surface area contributed by atoms with Gasteiger partial charge in [0.15, 0.2) is 0 Å². The van der Waals surface area contributed by atoms with Gasteiger partial charge in [0.1, 0.15) is 0 Å². The molecule has 0 unspecified atom stereocenters. The van der Waals surface area contributed by atoms with Gasteiger partial charge in [0.25, 0.3) is 0 Å². The molecule has 2 nitrogen and oxygen atoms in total. The summed E-state index contributed by atoms with van der Waals surface area (Å²) in [6.45, 7) is 10.1. The first-order valence-corrected chi connectivity index (χ1v) is 5.50. The fraction of sp³-hybridized carbons (Fsp3) is 0.538. The molecule has 0 atom stereocenters. The van der Waals surface area contributed by atoms with Crippen molar-refractivity contribution in [2.45, 2.75) is 34.2 Å². The van der Waals surface area contributed by atoms with Gasteiger partial charge in [-0.25, -0.2) is 0 Å². The predicted octanol–water partition coefficient (Wildman–Crippen LogP) is 2.98. The first kappa shape index (κ1) is 12.2. The molecule has 0 aromatic heterocycles. The number of rotatable bonds is 5. The van der Waals surface area contributed by atoms with E-state index in [0.29, 0.717) is 5.92 Å². The number of hydrogen-bond donors (Lipinski definition) is 1. The van der Waals surface area contributed by atoms with Gasteiger partial charge in [0, 0.05) is 6.54 Å². The van der Waals surface area contributed by atoms with Gasteiger partial charge in [-0.1, -0.05) is 32.0 Å². The molecular formula is C13H21NO. The molecular weight excluding hydrogens is 186 g/mol. The summed E-state index contributed by atoms with van der Waals surface area (Å²) in [4.78, 5) is 5.32. The Morgan fingerprint density at radius 2 is 1.93 bits per heavy atom. The first-order chi connectivity index (χ1) is 7.09. The van der Waals surface area contributed by atoms with Crippen LogP contribution in [0.5, 0.6) is 0 Å². The average Bonchev–Trinajstić information content (AvgIpc) is 2.18. The van der Waals surface area contributed by atoms with Crippen molar-refractivity contribution in [1.82, 2.24) is 5.48 Å². The second kappa shape index (κ2) is 5.89. The number of aryl methyl sites for hydroxylation is 2. The second-order valence-electron chi connectivity index (χ2n) is 4.44. The van der Waals surface area contributed by atoms with Crippen LogP contribution < -0.4 is 5.48 Å². The van der Waals surface area contributed by atoms with E-state index in [-0.39, 0.29) is 0 Å². The van der Waals surface area contributed by atoms with Crippen LogP contribution in [0.3, 0.4) is 0 Å². The highest BCUT2D eigenvalue weighted by Crippen LogP contribution is 2.09. The number of benzene rings is 1. The molecule has 1 rings (SSSR count). The molecule has 0 fully saturated rings. The minimum atomic E-state index is 0.567. The molecule has 0 aliphatic heterocycles. The molecule has 2 heteroatoms. The Morgan fingerprint density at radius 3 is 2.53 bits per heavy atom. The molecule has 0 heterocycles. The number of hydroxylamine groups is 1. The molecule has 0 aliphatic carbocycles. The van der Waals surface area contributed by atoms with Gasteiger partial charge in [-0.15, -0.1) is 0 Å². The lowest BCUT2D eigenvalue weighted by Crippen LogP contribution is -2.17. The molecule has 0 bridgehead atoms. The van der Waals surface area contributed by atoms with Crippen molar-refractivity contribution in [3.63, 3.8) is 0 Å². The Hall–Kier alpha value is -0.860. The Labute approximate surface area is 92.6 Å². The van der Waals surface area contributed by atoms with Crippen molar-refractivity contribution in [1.29, 1.82) is 0 Å². The maximum atomic E-state index is 5.32. The van der Waals surface area contributed by atoms with Crippen molar-refractivity contribution < 1.29 is 4.84 Å². The highest BCUT2D eigenvalue weighted by Gasteiger charge is 1.97. The summed E-state index contributed by atoms with van der Waals surface area (Å²) >= 11 is 0. The summed E-state index contributed by atoms with van der Waals surface area (Å²) in [6, 6.07) is 6.48. The van der Waals surface area contributed by atoms with Crippen LogP contribution in [0.1, 0.15) is 30.5 Å². The zero-order valence-corrected chi connectivity index (χ0v) is 10.1. The molecule has 0 amide bonds. The van der Waals surface area contributed by atoms with Gasteiger partial charge >= 0.3 is 0 Å². The number of hydrogen-bond acceptors (Lipinski definition) is 2. The molecule has 1 aromatic rings. The van der Waals surface area contributed by atoms with Crippen molar-refractivity contribution in [2.75, 3.05) is 6.61 Å². The van der Waals surface area contributed by atoms with Crippen molar-refractivity contribution in [3.8, 4) is 0 Å². The first-order valence-electron chi connectivity index (χ1n) is 5.50. The van der Waals surface area contributed by atoms with E-state index in [0.717, 1.165) is 13.2 Å². The van der Waals surface area contributed by atoms with E-state index < -0.39 is 0 Å². The minimum Gasteiger partial charge on any atom is -0.301 e. The molecule has 0 saturated carbocycles. The molecule has 0 radical (unpaired) electrons. The highest BCUT2D eigenvalue weighted by atomic mass is 16.6. The van der Waals surface area contributed by atoms with E-state index >= 15 is 0 Å². The van der Waals surface area contributed by atoms with Gasteiger partial charge in [0.2, 0.25) is 0 Å². The smallest absolute Gasteiger partial charge is 0.0705 e. The quantitative estimate of drug-likeness (QED) is 0.592. The lowest BCUT2D eigenvalue weighted by Gasteiger charge is -2.09. The van der Waals surface area contributed by atoms with Gasteiger partial charge in [0.05, 0.1) is 6.61 Å². The SMILES string of the molecule is Cc1ccc(CNOCC(C)C)cc1C. The Balaban J connectivity index is 2.35. The Morgan fingerprint density at radius 1 is 1.20 bits per heavy atom. The summed E-state index contributed by atoms with van der Waals surface area (Å²) in [5.41, 5.74) is 6.91. The van der Waals surface area contributed by atoms with E-state index in [1.807, 2.05) is 0 Å². The fourth-order valence-electron chi connectivity index (χ4n) is 1.27. The zero-order valence-electron chi connectivity index (χ0n) is 10.1. The van der Waals surface area contributed by atoms with E-state index in [1.165, 1.54) is 16.7 Å². The van der Waals surface area contributed by atoms with Crippen molar-refractivity contribution >= 4 is 0 Å². The molecule has 84 valence electrons. The highest BCUT2D eigenvalue weighted by molar-refractivity contribution is 5.29. The van der Waals surface area contributed by atoms with Gasteiger partial charge in [-0.05, 0) is 36.5 Å². The lowest BCUT2D eigenvalue weighted by molar-refractivity contribution is 0.0196. The second-order valence-corrected chi connectivity index (χ2v) is 4.44. The minimum absolute atomic E-state index is 0.567.